The number of carbonyl (C=O) groups is 3. The van der Waals surface area contributed by atoms with Crippen LogP contribution in [0.3, 0.4) is 0 Å². The van der Waals surface area contributed by atoms with Crippen molar-refractivity contribution < 1.29 is 39.2 Å². The minimum atomic E-state index is -2.23. The van der Waals surface area contributed by atoms with Crippen LogP contribution in [-0.4, -0.2) is 70.8 Å². The summed E-state index contributed by atoms with van der Waals surface area (Å²) in [6.45, 7) is 1.36. The number of aromatic hydroxyl groups is 1. The number of Topliss-reactive ketones (excluding diaryl/α,β-unsaturated/α-hetero) is 2. The van der Waals surface area contributed by atoms with Gasteiger partial charge >= 0.3 is 6.16 Å². The third-order valence-electron chi connectivity index (χ3n) is 6.83. The van der Waals surface area contributed by atoms with E-state index in [0.29, 0.717) is 12.0 Å². The predicted molar refractivity (Wildman–Crippen MR) is 112 cm³/mol. The molecule has 1 saturated carbocycles. The fraction of sp³-hybridized carbons (Fsp3) is 0.435. The number of fused-ring (bicyclic) bond motifs is 3. The lowest BCUT2D eigenvalue weighted by Gasteiger charge is -2.51. The molecule has 32 heavy (non-hydrogen) atoms. The molecule has 1 fully saturated rings. The summed E-state index contributed by atoms with van der Waals surface area (Å²) in [7, 11) is 4.41. The first kappa shape index (κ1) is 21.9. The quantitative estimate of drug-likeness (QED) is 0.589. The van der Waals surface area contributed by atoms with Gasteiger partial charge in [0, 0.05) is 17.1 Å². The molecule has 0 spiro atoms. The van der Waals surface area contributed by atoms with E-state index in [2.05, 4.69) is 4.74 Å². The zero-order chi connectivity index (χ0) is 23.5. The number of ether oxygens (including phenoxy) is 2. The average Bonchev–Trinajstić information content (AvgIpc) is 2.73. The van der Waals surface area contributed by atoms with Crippen LogP contribution >= 0.6 is 0 Å². The molecule has 1 aromatic carbocycles. The molecule has 0 bridgehead atoms. The summed E-state index contributed by atoms with van der Waals surface area (Å²) >= 11 is 0. The Balaban J connectivity index is 2.01. The van der Waals surface area contributed by atoms with Crippen LogP contribution in [0.25, 0.3) is 5.76 Å². The highest BCUT2D eigenvalue weighted by Crippen LogP contribution is 2.54. The van der Waals surface area contributed by atoms with Crippen molar-refractivity contribution in [2.45, 2.75) is 31.4 Å². The highest BCUT2D eigenvalue weighted by molar-refractivity contribution is 6.14. The Morgan fingerprint density at radius 1 is 1.19 bits per heavy atom. The van der Waals surface area contributed by atoms with Crippen LogP contribution in [0.1, 0.15) is 24.5 Å². The second-order valence-electron chi connectivity index (χ2n) is 8.68. The van der Waals surface area contributed by atoms with Gasteiger partial charge in [0.2, 0.25) is 11.4 Å². The summed E-state index contributed by atoms with van der Waals surface area (Å²) in [4.78, 5) is 40.9. The molecule has 4 rings (SSSR count). The number of phenols is 1. The fourth-order valence-electron chi connectivity index (χ4n) is 5.43. The van der Waals surface area contributed by atoms with Gasteiger partial charge in [-0.3, -0.25) is 14.5 Å². The molecular weight excluding hydrogens is 418 g/mol. The Kier molecular flexibility index (Phi) is 5.04. The molecule has 9 nitrogen and oxygen atoms in total. The Morgan fingerprint density at radius 3 is 2.50 bits per heavy atom. The number of aliphatic hydroxyl groups excluding tert-OH is 2. The van der Waals surface area contributed by atoms with E-state index >= 15 is 0 Å². The van der Waals surface area contributed by atoms with Crippen molar-refractivity contribution in [3.8, 4) is 5.75 Å². The van der Waals surface area contributed by atoms with E-state index in [1.54, 1.807) is 31.1 Å². The largest absolute Gasteiger partial charge is 0.509 e. The van der Waals surface area contributed by atoms with Gasteiger partial charge in [-0.15, -0.1) is 0 Å². The molecule has 0 saturated heterocycles. The van der Waals surface area contributed by atoms with Gasteiger partial charge in [-0.05, 0) is 51.4 Å². The van der Waals surface area contributed by atoms with Crippen LogP contribution in [0, 0.1) is 11.8 Å². The van der Waals surface area contributed by atoms with Gasteiger partial charge < -0.3 is 24.8 Å². The van der Waals surface area contributed by atoms with Crippen molar-refractivity contribution in [1.29, 1.82) is 0 Å². The first-order chi connectivity index (χ1) is 15.1. The summed E-state index contributed by atoms with van der Waals surface area (Å²) in [5, 5.41) is 32.4. The van der Waals surface area contributed by atoms with Gasteiger partial charge in [-0.1, -0.05) is 12.1 Å². The highest BCUT2D eigenvalue weighted by Gasteiger charge is 2.66. The normalized spacial score (nSPS) is 29.5. The second-order valence-corrected chi connectivity index (χ2v) is 8.68. The maximum absolute atomic E-state index is 14.0. The maximum atomic E-state index is 14.0. The Labute approximate surface area is 184 Å². The fourth-order valence-corrected chi connectivity index (χ4v) is 5.43. The highest BCUT2D eigenvalue weighted by atomic mass is 16.7. The van der Waals surface area contributed by atoms with Crippen LogP contribution < -0.4 is 0 Å². The van der Waals surface area contributed by atoms with Crippen molar-refractivity contribution in [2.24, 2.45) is 11.8 Å². The molecule has 0 amide bonds. The van der Waals surface area contributed by atoms with Gasteiger partial charge in [-0.2, -0.15) is 0 Å². The number of carbonyl (C=O) groups excluding carboxylic acids is 3. The van der Waals surface area contributed by atoms with Crippen LogP contribution in [0.5, 0.6) is 5.75 Å². The maximum Gasteiger partial charge on any atom is 0.509 e. The first-order valence-electron chi connectivity index (χ1n) is 10.2. The van der Waals surface area contributed by atoms with E-state index < -0.39 is 46.9 Å². The van der Waals surface area contributed by atoms with Gasteiger partial charge in [0.15, 0.2) is 11.5 Å². The number of rotatable bonds is 2. The van der Waals surface area contributed by atoms with E-state index in [9.17, 15) is 29.7 Å². The zero-order valence-corrected chi connectivity index (χ0v) is 18.2. The lowest BCUT2D eigenvalue weighted by atomic mass is 9.57. The van der Waals surface area contributed by atoms with E-state index in [1.807, 2.05) is 0 Å². The van der Waals surface area contributed by atoms with Crippen LogP contribution in [0.4, 0.5) is 4.79 Å². The van der Waals surface area contributed by atoms with Gasteiger partial charge in [0.05, 0.1) is 18.7 Å². The summed E-state index contributed by atoms with van der Waals surface area (Å²) in [5.74, 6) is -3.90. The van der Waals surface area contributed by atoms with E-state index in [4.69, 9.17) is 4.74 Å². The Morgan fingerprint density at radius 2 is 1.88 bits per heavy atom. The minimum absolute atomic E-state index is 0.0506. The number of benzene rings is 1. The Bertz CT molecular complexity index is 1100. The molecule has 3 aliphatic carbocycles. The molecule has 1 aromatic rings. The molecule has 4 atom stereocenters. The topological polar surface area (TPSA) is 134 Å². The molecule has 0 aliphatic heterocycles. The number of aliphatic hydroxyl groups is 2. The van der Waals surface area contributed by atoms with Gasteiger partial charge in [-0.25, -0.2) is 4.79 Å². The monoisotopic (exact) mass is 443 g/mol. The Hall–Kier alpha value is -3.33. The number of ketones is 2. The number of hydrogen-bond acceptors (Lipinski definition) is 9. The van der Waals surface area contributed by atoms with E-state index in [-0.39, 0.29) is 34.7 Å². The number of nitrogens with zero attached hydrogens (tertiary/aromatic N) is 1. The lowest BCUT2D eigenvalue weighted by molar-refractivity contribution is -0.157. The van der Waals surface area contributed by atoms with Crippen molar-refractivity contribution in [3.63, 3.8) is 0 Å². The van der Waals surface area contributed by atoms with Crippen LogP contribution in [-0.2, 0) is 25.5 Å². The summed E-state index contributed by atoms with van der Waals surface area (Å²) in [6, 6.07) is 3.94. The smallest absolute Gasteiger partial charge is 0.507 e. The molecule has 0 radical (unpaired) electrons. The molecule has 3 N–H and O–H groups in total. The second kappa shape index (κ2) is 7.37. The number of methoxy groups -OCH3 is 1. The SMILES string of the molecule is COC(=O)OC12C(=O)C3=C(O)c4c(O)cccc4CC3CC1C(N(C)C)C(=O)C(C)=C2O. The van der Waals surface area contributed by atoms with Gasteiger partial charge in [0.25, 0.3) is 0 Å². The summed E-state index contributed by atoms with van der Waals surface area (Å²) in [5.41, 5.74) is -1.60. The number of phenolic OH excluding ortho intramolecular Hbond substituents is 1. The predicted octanol–water partition coefficient (Wildman–Crippen LogP) is 2.29. The molecular formula is C23H25NO8. The van der Waals surface area contributed by atoms with E-state index in [0.717, 1.165) is 7.11 Å². The van der Waals surface area contributed by atoms with E-state index in [1.165, 1.54) is 13.0 Å². The first-order valence-corrected chi connectivity index (χ1v) is 10.2. The van der Waals surface area contributed by atoms with Crippen molar-refractivity contribution >= 4 is 23.5 Å². The molecule has 9 heteroatoms. The van der Waals surface area contributed by atoms with Gasteiger partial charge in [0.1, 0.15) is 11.5 Å². The standard InChI is InChI=1S/C23H25NO8/c1-10-18(26)17(24(2)3)13-9-12-8-11-6-5-7-14(25)15(11)19(27)16(12)21(29)23(13,20(10)28)32-22(30)31-4/h5-7,12-13,17,25,27-28H,8-9H2,1-4H3. The third kappa shape index (κ3) is 2.77. The number of likely N-dealkylation sites (N-methyl/N-ethyl adjacent to an activating group) is 1. The molecule has 0 heterocycles. The molecule has 170 valence electrons. The minimum Gasteiger partial charge on any atom is -0.507 e. The average molecular weight is 443 g/mol. The van der Waals surface area contributed by atoms with Crippen LogP contribution in [0.2, 0.25) is 0 Å². The summed E-state index contributed by atoms with van der Waals surface area (Å²) in [6.07, 6.45) is -0.701. The third-order valence-corrected chi connectivity index (χ3v) is 6.83. The summed E-state index contributed by atoms with van der Waals surface area (Å²) < 4.78 is 10.1. The van der Waals surface area contributed by atoms with Crippen molar-refractivity contribution in [1.82, 2.24) is 4.90 Å². The van der Waals surface area contributed by atoms with Crippen molar-refractivity contribution in [2.75, 3.05) is 21.2 Å². The van der Waals surface area contributed by atoms with Crippen LogP contribution in [0.15, 0.2) is 35.1 Å². The molecule has 0 aromatic heterocycles. The van der Waals surface area contributed by atoms with Crippen molar-refractivity contribution in [3.05, 3.63) is 46.2 Å². The zero-order valence-electron chi connectivity index (χ0n) is 18.2. The molecule has 4 unspecified atom stereocenters. The lowest BCUT2D eigenvalue weighted by Crippen LogP contribution is -2.66. The molecule has 3 aliphatic rings. The number of hydrogen-bond donors (Lipinski definition) is 3.